The van der Waals surface area contributed by atoms with Gasteiger partial charge in [0, 0.05) is 12.6 Å². The van der Waals surface area contributed by atoms with Gasteiger partial charge in [0.1, 0.15) is 0 Å². The molecular weight excluding hydrogens is 198 g/mol. The van der Waals surface area contributed by atoms with Crippen LogP contribution in [0.25, 0.3) is 0 Å². The smallest absolute Gasteiger partial charge is 0.0584 e. The highest BCUT2D eigenvalue weighted by Gasteiger charge is 2.10. The van der Waals surface area contributed by atoms with E-state index in [1.165, 1.54) is 5.56 Å². The summed E-state index contributed by atoms with van der Waals surface area (Å²) in [5.41, 5.74) is 1.30. The number of aliphatic hydroxyl groups is 1. The van der Waals surface area contributed by atoms with E-state index in [2.05, 4.69) is 37.1 Å². The van der Waals surface area contributed by atoms with Crippen LogP contribution < -0.4 is 0 Å². The zero-order valence-electron chi connectivity index (χ0n) is 10.4. The monoisotopic (exact) mass is 221 g/mol. The molecule has 0 aliphatic rings. The molecule has 0 saturated carbocycles. The van der Waals surface area contributed by atoms with E-state index < -0.39 is 0 Å². The molecule has 0 amide bonds. The number of nitrogens with zero attached hydrogens (tertiary/aromatic N) is 1. The Hall–Kier alpha value is -1.12. The molecule has 0 aliphatic carbocycles. The molecule has 16 heavy (non-hydrogen) atoms. The Balaban J connectivity index is 0.00000106. The molecule has 0 fully saturated rings. The minimum Gasteiger partial charge on any atom is -0.395 e. The first-order valence-electron chi connectivity index (χ1n) is 5.66. The predicted molar refractivity (Wildman–Crippen MR) is 70.3 cm³/mol. The van der Waals surface area contributed by atoms with Crippen LogP contribution in [0.1, 0.15) is 19.4 Å². The number of benzene rings is 1. The molecule has 1 N–H and O–H groups in total. The number of likely N-dealkylation sites (N-methyl/N-ethyl adjacent to an activating group) is 1. The van der Waals surface area contributed by atoms with E-state index in [0.29, 0.717) is 0 Å². The van der Waals surface area contributed by atoms with Crippen molar-refractivity contribution in [3.8, 4) is 0 Å². The predicted octanol–water partition coefficient (Wildman–Crippen LogP) is 2.69. The van der Waals surface area contributed by atoms with Crippen LogP contribution in [-0.2, 0) is 6.54 Å². The fourth-order valence-corrected chi connectivity index (χ4v) is 1.51. The maximum Gasteiger partial charge on any atom is 0.0584 e. The number of rotatable bonds is 5. The average molecular weight is 221 g/mol. The summed E-state index contributed by atoms with van der Waals surface area (Å²) in [5, 5.41) is 9.07. The molecule has 2 nitrogen and oxygen atoms in total. The van der Waals surface area contributed by atoms with Crippen LogP contribution in [-0.4, -0.2) is 29.2 Å². The van der Waals surface area contributed by atoms with E-state index >= 15 is 0 Å². The second-order valence-electron chi connectivity index (χ2n) is 3.58. The van der Waals surface area contributed by atoms with E-state index in [1.54, 1.807) is 0 Å². The van der Waals surface area contributed by atoms with E-state index in [9.17, 15) is 0 Å². The Kier molecular flexibility index (Phi) is 8.49. The lowest BCUT2D eigenvalue weighted by Gasteiger charge is -2.26. The number of hydrogen-bond donors (Lipinski definition) is 1. The number of hydrogen-bond acceptors (Lipinski definition) is 2. The Morgan fingerprint density at radius 3 is 2.25 bits per heavy atom. The van der Waals surface area contributed by atoms with Gasteiger partial charge in [-0.05, 0) is 19.0 Å². The van der Waals surface area contributed by atoms with Crippen LogP contribution in [0.3, 0.4) is 0 Å². The third-order valence-electron chi connectivity index (χ3n) is 2.52. The maximum atomic E-state index is 9.07. The molecule has 0 heterocycles. The first-order chi connectivity index (χ1) is 7.77. The molecule has 0 bridgehead atoms. The summed E-state index contributed by atoms with van der Waals surface area (Å²) in [7, 11) is 0. The highest BCUT2D eigenvalue weighted by Crippen LogP contribution is 2.07. The quantitative estimate of drug-likeness (QED) is 0.773. The summed E-state index contributed by atoms with van der Waals surface area (Å²) < 4.78 is 0. The molecule has 1 rings (SSSR count). The van der Waals surface area contributed by atoms with Gasteiger partial charge >= 0.3 is 0 Å². The van der Waals surface area contributed by atoms with Crippen LogP contribution in [0.5, 0.6) is 0 Å². The van der Waals surface area contributed by atoms with E-state index in [1.807, 2.05) is 25.1 Å². The standard InChI is InChI=1S/C12H19NO.C2H4/c1-3-13(11(2)10-14)9-12-7-5-4-6-8-12;1-2/h4-8,11,14H,3,9-10H2,1-2H3;1-2H2. The molecule has 0 radical (unpaired) electrons. The van der Waals surface area contributed by atoms with Crippen molar-refractivity contribution in [2.75, 3.05) is 13.2 Å². The van der Waals surface area contributed by atoms with Gasteiger partial charge in [-0.2, -0.15) is 0 Å². The molecule has 1 aromatic rings. The lowest BCUT2D eigenvalue weighted by molar-refractivity contribution is 0.133. The third-order valence-corrected chi connectivity index (χ3v) is 2.52. The van der Waals surface area contributed by atoms with Crippen LogP contribution >= 0.6 is 0 Å². The normalized spacial score (nSPS) is 11.8. The molecule has 2 heteroatoms. The minimum absolute atomic E-state index is 0.223. The lowest BCUT2D eigenvalue weighted by Crippen LogP contribution is -2.34. The van der Waals surface area contributed by atoms with Gasteiger partial charge in [-0.1, -0.05) is 37.3 Å². The molecule has 0 saturated heterocycles. The highest BCUT2D eigenvalue weighted by molar-refractivity contribution is 5.14. The average Bonchev–Trinajstić information content (AvgIpc) is 2.38. The number of aliphatic hydroxyl groups excluding tert-OH is 1. The third kappa shape index (κ3) is 5.10. The van der Waals surface area contributed by atoms with Crippen molar-refractivity contribution in [3.63, 3.8) is 0 Å². The summed E-state index contributed by atoms with van der Waals surface area (Å²) in [6.07, 6.45) is 0. The Morgan fingerprint density at radius 1 is 1.25 bits per heavy atom. The summed E-state index contributed by atoms with van der Waals surface area (Å²) in [6, 6.07) is 10.6. The van der Waals surface area contributed by atoms with Crippen molar-refractivity contribution in [2.45, 2.75) is 26.4 Å². The van der Waals surface area contributed by atoms with Crippen LogP contribution in [0, 0.1) is 0 Å². The van der Waals surface area contributed by atoms with Gasteiger partial charge in [-0.25, -0.2) is 0 Å². The zero-order chi connectivity index (χ0) is 12.4. The molecule has 0 aliphatic heterocycles. The van der Waals surface area contributed by atoms with Crippen molar-refractivity contribution in [2.24, 2.45) is 0 Å². The van der Waals surface area contributed by atoms with E-state index in [-0.39, 0.29) is 12.6 Å². The van der Waals surface area contributed by atoms with Gasteiger partial charge in [0.15, 0.2) is 0 Å². The Bertz CT molecular complexity index is 261. The molecule has 90 valence electrons. The van der Waals surface area contributed by atoms with Gasteiger partial charge in [0.2, 0.25) is 0 Å². The highest BCUT2D eigenvalue weighted by atomic mass is 16.3. The van der Waals surface area contributed by atoms with Crippen LogP contribution in [0.15, 0.2) is 43.5 Å². The fraction of sp³-hybridized carbons (Fsp3) is 0.429. The largest absolute Gasteiger partial charge is 0.395 e. The van der Waals surface area contributed by atoms with Crippen LogP contribution in [0.4, 0.5) is 0 Å². The fourth-order valence-electron chi connectivity index (χ4n) is 1.51. The zero-order valence-corrected chi connectivity index (χ0v) is 10.4. The van der Waals surface area contributed by atoms with Gasteiger partial charge in [-0.3, -0.25) is 4.90 Å². The van der Waals surface area contributed by atoms with Crippen molar-refractivity contribution < 1.29 is 5.11 Å². The van der Waals surface area contributed by atoms with Gasteiger partial charge < -0.3 is 5.11 Å². The van der Waals surface area contributed by atoms with E-state index in [4.69, 9.17) is 5.11 Å². The molecule has 1 aromatic carbocycles. The summed E-state index contributed by atoms with van der Waals surface area (Å²) >= 11 is 0. The van der Waals surface area contributed by atoms with Crippen molar-refractivity contribution in [3.05, 3.63) is 49.1 Å². The lowest BCUT2D eigenvalue weighted by atomic mass is 10.2. The van der Waals surface area contributed by atoms with Gasteiger partial charge in [0.25, 0.3) is 0 Å². The molecule has 0 aromatic heterocycles. The van der Waals surface area contributed by atoms with Crippen LogP contribution in [0.2, 0.25) is 0 Å². The van der Waals surface area contributed by atoms with E-state index in [0.717, 1.165) is 13.1 Å². The van der Waals surface area contributed by atoms with Gasteiger partial charge in [0.05, 0.1) is 6.61 Å². The molecular formula is C14H23NO. The second-order valence-corrected chi connectivity index (χ2v) is 3.58. The molecule has 0 spiro atoms. The molecule has 1 unspecified atom stereocenters. The van der Waals surface area contributed by atoms with Gasteiger partial charge in [-0.15, -0.1) is 13.2 Å². The summed E-state index contributed by atoms with van der Waals surface area (Å²) in [4.78, 5) is 2.26. The summed E-state index contributed by atoms with van der Waals surface area (Å²) in [6.45, 7) is 12.3. The van der Waals surface area contributed by atoms with Crippen molar-refractivity contribution >= 4 is 0 Å². The molecule has 1 atom stereocenters. The SMILES string of the molecule is C=C.CCN(Cc1ccccc1)C(C)CO. The van der Waals surface area contributed by atoms with Crippen molar-refractivity contribution in [1.29, 1.82) is 0 Å². The van der Waals surface area contributed by atoms with Crippen molar-refractivity contribution in [1.82, 2.24) is 4.90 Å². The first kappa shape index (κ1) is 14.9. The Morgan fingerprint density at radius 2 is 1.81 bits per heavy atom. The topological polar surface area (TPSA) is 23.5 Å². The maximum absolute atomic E-state index is 9.07. The first-order valence-corrected chi connectivity index (χ1v) is 5.66. The Labute approximate surface area is 99.2 Å². The second kappa shape index (κ2) is 9.13. The minimum atomic E-state index is 0.223. The summed E-state index contributed by atoms with van der Waals surface area (Å²) in [5.74, 6) is 0.